The molecule has 9 heteroatoms. The molecule has 0 spiro atoms. The lowest BCUT2D eigenvalue weighted by atomic mass is 10.2. The first-order valence-corrected chi connectivity index (χ1v) is 10.4. The fourth-order valence-corrected chi connectivity index (χ4v) is 4.46. The lowest BCUT2D eigenvalue weighted by molar-refractivity contribution is 0.570. The topological polar surface area (TPSA) is 93.2 Å². The molecule has 0 aliphatic carbocycles. The smallest absolute Gasteiger partial charge is 0.208 e. The number of hydrogen-bond acceptors (Lipinski definition) is 5. The molecule has 24 heavy (non-hydrogen) atoms. The Morgan fingerprint density at radius 1 is 1.21 bits per heavy atom. The molecule has 0 saturated carbocycles. The summed E-state index contributed by atoms with van der Waals surface area (Å²) in [5.74, 6) is -0.513. The molecule has 2 rings (SSSR count). The number of nitrogens with one attached hydrogen (secondary N) is 1. The first kappa shape index (κ1) is 18.5. The van der Waals surface area contributed by atoms with Gasteiger partial charge in [-0.1, -0.05) is 6.07 Å². The van der Waals surface area contributed by atoms with Crippen molar-refractivity contribution in [2.75, 3.05) is 12.8 Å². The van der Waals surface area contributed by atoms with Crippen molar-refractivity contribution >= 4 is 19.9 Å². The zero-order chi connectivity index (χ0) is 18.0. The van der Waals surface area contributed by atoms with Crippen LogP contribution in [0.3, 0.4) is 0 Å². The Morgan fingerprint density at radius 3 is 2.46 bits per heavy atom. The van der Waals surface area contributed by atoms with Crippen LogP contribution in [0.1, 0.15) is 16.4 Å². The summed E-state index contributed by atoms with van der Waals surface area (Å²) >= 11 is 0. The van der Waals surface area contributed by atoms with Gasteiger partial charge < -0.3 is 0 Å². The fourth-order valence-electron chi connectivity index (χ4n) is 2.16. The van der Waals surface area contributed by atoms with E-state index in [9.17, 15) is 21.2 Å². The Hall–Kier alpha value is -1.84. The minimum Gasteiger partial charge on any atom is -0.264 e. The summed E-state index contributed by atoms with van der Waals surface area (Å²) in [5, 5.41) is -1.18. The maximum atomic E-state index is 13.4. The lowest BCUT2D eigenvalue weighted by Crippen LogP contribution is -2.31. The summed E-state index contributed by atoms with van der Waals surface area (Å²) in [5.41, 5.74) is 0.535. The molecule has 0 saturated heterocycles. The van der Waals surface area contributed by atoms with Crippen molar-refractivity contribution in [1.82, 2.24) is 9.71 Å². The van der Waals surface area contributed by atoms with E-state index in [0.29, 0.717) is 5.56 Å². The molecule has 2 aromatic rings. The Kier molecular flexibility index (Phi) is 5.36. The first-order chi connectivity index (χ1) is 11.1. The number of hydrogen-bond donors (Lipinski definition) is 1. The van der Waals surface area contributed by atoms with Gasteiger partial charge in [0.25, 0.3) is 0 Å². The minimum absolute atomic E-state index is 0.0782. The van der Waals surface area contributed by atoms with Gasteiger partial charge in [-0.05, 0) is 42.3 Å². The highest BCUT2D eigenvalue weighted by atomic mass is 32.2. The van der Waals surface area contributed by atoms with Gasteiger partial charge in [0.2, 0.25) is 10.0 Å². The van der Waals surface area contributed by atoms with Gasteiger partial charge in [-0.3, -0.25) is 4.98 Å². The number of benzene rings is 1. The highest BCUT2D eigenvalue weighted by molar-refractivity contribution is 7.92. The van der Waals surface area contributed by atoms with Crippen molar-refractivity contribution in [3.8, 4) is 0 Å². The molecule has 1 N–H and O–H groups in total. The largest absolute Gasteiger partial charge is 0.264 e. The number of rotatable bonds is 6. The predicted molar refractivity (Wildman–Crippen MR) is 88.1 cm³/mol. The Balaban J connectivity index is 2.50. The first-order valence-electron chi connectivity index (χ1n) is 6.96. The lowest BCUT2D eigenvalue weighted by Gasteiger charge is -2.18. The van der Waals surface area contributed by atoms with Crippen LogP contribution in [0.15, 0.2) is 47.6 Å². The van der Waals surface area contributed by atoms with E-state index in [1.807, 2.05) is 0 Å². The number of halogens is 1. The van der Waals surface area contributed by atoms with Crippen molar-refractivity contribution in [2.24, 2.45) is 0 Å². The zero-order valence-electron chi connectivity index (χ0n) is 13.1. The molecule has 0 aliphatic heterocycles. The van der Waals surface area contributed by atoms with E-state index < -0.39 is 30.9 Å². The Morgan fingerprint density at radius 2 is 1.92 bits per heavy atom. The molecular weight excluding hydrogens is 355 g/mol. The van der Waals surface area contributed by atoms with Gasteiger partial charge >= 0.3 is 0 Å². The van der Waals surface area contributed by atoms with Crippen LogP contribution in [-0.2, 0) is 19.9 Å². The van der Waals surface area contributed by atoms with E-state index in [0.717, 1.165) is 12.3 Å². The van der Waals surface area contributed by atoms with Gasteiger partial charge in [-0.15, -0.1) is 0 Å². The Labute approximate surface area is 140 Å². The second-order valence-electron chi connectivity index (χ2n) is 5.35. The molecule has 130 valence electrons. The molecule has 1 aromatic carbocycles. The van der Waals surface area contributed by atoms with E-state index in [1.165, 1.54) is 31.5 Å². The number of pyridine rings is 1. The summed E-state index contributed by atoms with van der Waals surface area (Å²) in [7, 11) is -7.53. The average Bonchev–Trinajstić information content (AvgIpc) is 2.49. The number of aryl methyl sites for hydroxylation is 1. The van der Waals surface area contributed by atoms with E-state index in [-0.39, 0.29) is 17.0 Å². The van der Waals surface area contributed by atoms with Crippen LogP contribution < -0.4 is 4.72 Å². The molecular formula is C15H17FN2O4S2. The second-order valence-corrected chi connectivity index (χ2v) is 9.32. The van der Waals surface area contributed by atoms with Gasteiger partial charge in [-0.2, -0.15) is 0 Å². The molecule has 0 radical (unpaired) electrons. The highest BCUT2D eigenvalue weighted by Gasteiger charge is 2.30. The number of sulfone groups is 1. The van der Waals surface area contributed by atoms with Crippen LogP contribution in [0.5, 0.6) is 0 Å². The molecule has 0 aliphatic rings. The second kappa shape index (κ2) is 6.96. The van der Waals surface area contributed by atoms with Crippen LogP contribution in [0.25, 0.3) is 0 Å². The number of sulfonamides is 1. The van der Waals surface area contributed by atoms with E-state index >= 15 is 0 Å². The molecule has 0 bridgehead atoms. The van der Waals surface area contributed by atoms with Crippen LogP contribution in [-0.4, -0.2) is 34.6 Å². The van der Waals surface area contributed by atoms with Crippen molar-refractivity contribution in [3.63, 3.8) is 0 Å². The SMILES string of the molecule is Cc1cc(S(=O)(=O)[C@H](CNS(C)(=O)=O)c2cccnc2)ccc1F. The molecule has 1 atom stereocenters. The number of aromatic nitrogens is 1. The van der Waals surface area contributed by atoms with E-state index in [4.69, 9.17) is 0 Å². The summed E-state index contributed by atoms with van der Waals surface area (Å²) in [6, 6.07) is 6.59. The monoisotopic (exact) mass is 372 g/mol. The summed E-state index contributed by atoms with van der Waals surface area (Å²) in [6.07, 6.45) is 3.80. The van der Waals surface area contributed by atoms with Crippen molar-refractivity contribution < 1.29 is 21.2 Å². The van der Waals surface area contributed by atoms with Gasteiger partial charge in [-0.25, -0.2) is 25.9 Å². The zero-order valence-corrected chi connectivity index (χ0v) is 14.7. The molecule has 1 aromatic heterocycles. The third-order valence-electron chi connectivity index (χ3n) is 3.42. The standard InChI is InChI=1S/C15H17FN2O4S2/c1-11-8-13(5-6-14(11)16)24(21,22)15(10-18-23(2,19)20)12-4-3-7-17-9-12/h3-9,15,18H,10H2,1-2H3/t15-/m1/s1. The van der Waals surface area contributed by atoms with Crippen molar-refractivity contribution in [1.29, 1.82) is 0 Å². The van der Waals surface area contributed by atoms with Crippen LogP contribution in [0.4, 0.5) is 4.39 Å². The van der Waals surface area contributed by atoms with Gasteiger partial charge in [0.1, 0.15) is 11.1 Å². The third kappa shape index (κ3) is 4.37. The quantitative estimate of drug-likeness (QED) is 0.778. The normalized spacial score (nSPS) is 13.6. The maximum absolute atomic E-state index is 13.4. The summed E-state index contributed by atoms with van der Waals surface area (Å²) in [4.78, 5) is 3.81. The van der Waals surface area contributed by atoms with Crippen LogP contribution in [0, 0.1) is 12.7 Å². The fraction of sp³-hybridized carbons (Fsp3) is 0.267. The summed E-state index contributed by atoms with van der Waals surface area (Å²) in [6.45, 7) is 1.12. The number of nitrogens with zero attached hydrogens (tertiary/aromatic N) is 1. The van der Waals surface area contributed by atoms with Gasteiger partial charge in [0.05, 0.1) is 11.2 Å². The molecule has 0 fully saturated rings. The molecule has 1 heterocycles. The predicted octanol–water partition coefficient (Wildman–Crippen LogP) is 1.59. The average molecular weight is 372 g/mol. The van der Waals surface area contributed by atoms with Gasteiger partial charge in [0, 0.05) is 18.9 Å². The maximum Gasteiger partial charge on any atom is 0.208 e. The highest BCUT2D eigenvalue weighted by Crippen LogP contribution is 2.29. The molecule has 0 amide bonds. The van der Waals surface area contributed by atoms with E-state index in [1.54, 1.807) is 12.1 Å². The Bertz CT molecular complexity index is 929. The van der Waals surface area contributed by atoms with E-state index in [2.05, 4.69) is 9.71 Å². The van der Waals surface area contributed by atoms with Crippen molar-refractivity contribution in [2.45, 2.75) is 17.1 Å². The third-order valence-corrected chi connectivity index (χ3v) is 6.21. The van der Waals surface area contributed by atoms with Crippen LogP contribution in [0.2, 0.25) is 0 Å². The van der Waals surface area contributed by atoms with Crippen molar-refractivity contribution in [3.05, 3.63) is 59.7 Å². The molecule has 6 nitrogen and oxygen atoms in total. The van der Waals surface area contributed by atoms with Gasteiger partial charge in [0.15, 0.2) is 9.84 Å². The molecule has 0 unspecified atom stereocenters. The van der Waals surface area contributed by atoms with Crippen LogP contribution >= 0.6 is 0 Å². The summed E-state index contributed by atoms with van der Waals surface area (Å²) < 4.78 is 64.2. The minimum atomic E-state index is -3.95.